The van der Waals surface area contributed by atoms with Gasteiger partial charge < -0.3 is 10.2 Å². The van der Waals surface area contributed by atoms with Crippen LogP contribution in [0.4, 0.5) is 17.1 Å². The van der Waals surface area contributed by atoms with Crippen LogP contribution >= 0.6 is 0 Å². The molecule has 1 aliphatic heterocycles. The van der Waals surface area contributed by atoms with E-state index in [4.69, 9.17) is 0 Å². The van der Waals surface area contributed by atoms with E-state index in [1.54, 1.807) is 16.8 Å². The van der Waals surface area contributed by atoms with Crippen LogP contribution in [0.2, 0.25) is 0 Å². The molecule has 3 aromatic rings. The minimum absolute atomic E-state index is 0.0339. The zero-order valence-corrected chi connectivity index (χ0v) is 19.3. The van der Waals surface area contributed by atoms with Gasteiger partial charge in [0.25, 0.3) is 11.6 Å². The first kappa shape index (κ1) is 22.5. The Morgan fingerprint density at radius 2 is 1.67 bits per heavy atom. The molecule has 0 aliphatic carbocycles. The lowest BCUT2D eigenvalue weighted by Crippen LogP contribution is -2.25. The molecule has 2 heterocycles. The topological polar surface area (TPSA) is 93.3 Å². The number of benzene rings is 2. The minimum Gasteiger partial charge on any atom is -0.366 e. The minimum atomic E-state index is -0.400. The van der Waals surface area contributed by atoms with Crippen molar-refractivity contribution < 1.29 is 9.72 Å². The molecule has 0 unspecified atom stereocenters. The second-order valence-corrected chi connectivity index (χ2v) is 8.61. The molecule has 0 spiro atoms. The van der Waals surface area contributed by atoms with Crippen molar-refractivity contribution >= 4 is 23.0 Å². The molecule has 1 aromatic heterocycles. The Bertz CT molecular complexity index is 1180. The van der Waals surface area contributed by atoms with E-state index < -0.39 is 10.8 Å². The van der Waals surface area contributed by atoms with Crippen molar-refractivity contribution in [3.8, 4) is 5.69 Å². The van der Waals surface area contributed by atoms with Crippen molar-refractivity contribution in [1.29, 1.82) is 0 Å². The number of nitrogens with zero attached hydrogens (tertiary/aromatic N) is 4. The molecule has 1 saturated heterocycles. The molecular formula is C25H29N5O3. The van der Waals surface area contributed by atoms with Gasteiger partial charge in [-0.2, -0.15) is 5.10 Å². The third kappa shape index (κ3) is 4.74. The van der Waals surface area contributed by atoms with Crippen LogP contribution in [-0.2, 0) is 0 Å². The highest BCUT2D eigenvalue weighted by Gasteiger charge is 2.24. The van der Waals surface area contributed by atoms with Crippen LogP contribution in [0.1, 0.15) is 53.0 Å². The first-order valence-electron chi connectivity index (χ1n) is 11.3. The highest BCUT2D eigenvalue weighted by molar-refractivity contribution is 6.05. The number of carbonyl (C=O) groups is 1. The Morgan fingerprint density at radius 1 is 1.00 bits per heavy atom. The molecule has 4 rings (SSSR count). The molecule has 1 aliphatic rings. The van der Waals surface area contributed by atoms with Crippen LogP contribution < -0.4 is 10.2 Å². The summed E-state index contributed by atoms with van der Waals surface area (Å²) in [4.78, 5) is 26.5. The molecular weight excluding hydrogens is 418 g/mol. The summed E-state index contributed by atoms with van der Waals surface area (Å²) in [5.74, 6) is -0.393. The smallest absolute Gasteiger partial charge is 0.293 e. The fourth-order valence-corrected chi connectivity index (χ4v) is 4.34. The number of nitro benzene ring substituents is 1. The SMILES string of the molecule is Cc1ccc(-n2nc(C)c(NC(=O)c3ccc(N4CCCCCC4)c([N+](=O)[O-])c3)c2C)cc1. The average Bonchev–Trinajstić information content (AvgIpc) is 2.99. The van der Waals surface area contributed by atoms with E-state index in [0.29, 0.717) is 17.1 Å². The summed E-state index contributed by atoms with van der Waals surface area (Å²) in [5.41, 5.74) is 4.93. The Labute approximate surface area is 193 Å². The highest BCUT2D eigenvalue weighted by atomic mass is 16.6. The number of carbonyl (C=O) groups excluding carboxylic acids is 1. The largest absolute Gasteiger partial charge is 0.366 e. The molecule has 172 valence electrons. The number of amides is 1. The lowest BCUT2D eigenvalue weighted by Gasteiger charge is -2.22. The van der Waals surface area contributed by atoms with E-state index >= 15 is 0 Å². The normalized spacial score (nSPS) is 14.1. The number of rotatable bonds is 5. The van der Waals surface area contributed by atoms with Crippen LogP contribution in [0.3, 0.4) is 0 Å². The van der Waals surface area contributed by atoms with Crippen LogP contribution in [0, 0.1) is 30.9 Å². The summed E-state index contributed by atoms with van der Waals surface area (Å²) < 4.78 is 1.79. The fraction of sp³-hybridized carbons (Fsp3) is 0.360. The molecule has 1 N–H and O–H groups in total. The highest BCUT2D eigenvalue weighted by Crippen LogP contribution is 2.32. The zero-order chi connectivity index (χ0) is 23.5. The van der Waals surface area contributed by atoms with Crippen molar-refractivity contribution in [1.82, 2.24) is 9.78 Å². The number of hydrogen-bond donors (Lipinski definition) is 1. The van der Waals surface area contributed by atoms with Crippen molar-refractivity contribution in [2.75, 3.05) is 23.3 Å². The first-order valence-corrected chi connectivity index (χ1v) is 11.3. The van der Waals surface area contributed by atoms with E-state index in [0.717, 1.165) is 55.7 Å². The van der Waals surface area contributed by atoms with Gasteiger partial charge in [-0.25, -0.2) is 4.68 Å². The molecule has 8 heteroatoms. The van der Waals surface area contributed by atoms with Gasteiger partial charge in [0.15, 0.2) is 0 Å². The van der Waals surface area contributed by atoms with Gasteiger partial charge in [-0.3, -0.25) is 14.9 Å². The summed E-state index contributed by atoms with van der Waals surface area (Å²) in [6.45, 7) is 7.33. The van der Waals surface area contributed by atoms with Gasteiger partial charge in [0.2, 0.25) is 0 Å². The van der Waals surface area contributed by atoms with E-state index in [9.17, 15) is 14.9 Å². The second-order valence-electron chi connectivity index (χ2n) is 8.61. The maximum Gasteiger partial charge on any atom is 0.293 e. The number of aromatic nitrogens is 2. The molecule has 2 aromatic carbocycles. The predicted molar refractivity (Wildman–Crippen MR) is 130 cm³/mol. The Hall–Kier alpha value is -3.68. The van der Waals surface area contributed by atoms with Gasteiger partial charge in [-0.15, -0.1) is 0 Å². The fourth-order valence-electron chi connectivity index (χ4n) is 4.34. The van der Waals surface area contributed by atoms with Gasteiger partial charge in [0.05, 0.1) is 27.7 Å². The molecule has 0 radical (unpaired) electrons. The van der Waals surface area contributed by atoms with Crippen molar-refractivity contribution in [2.24, 2.45) is 0 Å². The van der Waals surface area contributed by atoms with Gasteiger partial charge >= 0.3 is 0 Å². The molecule has 1 amide bonds. The predicted octanol–water partition coefficient (Wildman–Crippen LogP) is 5.34. The summed E-state index contributed by atoms with van der Waals surface area (Å²) in [5, 5.41) is 19.3. The summed E-state index contributed by atoms with van der Waals surface area (Å²) in [6, 6.07) is 12.7. The van der Waals surface area contributed by atoms with Crippen molar-refractivity contribution in [2.45, 2.75) is 46.5 Å². The molecule has 1 fully saturated rings. The standard InChI is InChI=1S/C25H29N5O3/c1-17-8-11-21(12-9-17)29-19(3)24(18(2)27-29)26-25(31)20-10-13-22(23(16-20)30(32)33)28-14-6-4-5-7-15-28/h8-13,16H,4-7,14-15H2,1-3H3,(H,26,31). The molecule has 0 saturated carbocycles. The molecule has 0 bridgehead atoms. The van der Waals surface area contributed by atoms with Gasteiger partial charge in [0, 0.05) is 24.7 Å². The van der Waals surface area contributed by atoms with Crippen molar-refractivity contribution in [3.63, 3.8) is 0 Å². The Balaban J connectivity index is 1.60. The Kier molecular flexibility index (Phi) is 6.44. The van der Waals surface area contributed by atoms with Crippen LogP contribution in [0.5, 0.6) is 0 Å². The number of aryl methyl sites for hydroxylation is 2. The third-order valence-corrected chi connectivity index (χ3v) is 6.19. The van der Waals surface area contributed by atoms with Gasteiger partial charge in [0.1, 0.15) is 5.69 Å². The van der Waals surface area contributed by atoms with Crippen LogP contribution in [0.15, 0.2) is 42.5 Å². The number of anilines is 2. The van der Waals surface area contributed by atoms with Crippen LogP contribution in [-0.4, -0.2) is 33.7 Å². The van der Waals surface area contributed by atoms with E-state index in [2.05, 4.69) is 15.3 Å². The zero-order valence-electron chi connectivity index (χ0n) is 19.3. The number of nitro groups is 1. The first-order chi connectivity index (χ1) is 15.8. The van der Waals surface area contributed by atoms with E-state index in [-0.39, 0.29) is 11.3 Å². The lowest BCUT2D eigenvalue weighted by molar-refractivity contribution is -0.384. The van der Waals surface area contributed by atoms with Crippen LogP contribution in [0.25, 0.3) is 5.69 Å². The Morgan fingerprint density at radius 3 is 2.30 bits per heavy atom. The molecule has 0 atom stereocenters. The second kappa shape index (κ2) is 9.44. The molecule has 33 heavy (non-hydrogen) atoms. The quantitative estimate of drug-likeness (QED) is 0.421. The monoisotopic (exact) mass is 447 g/mol. The van der Waals surface area contributed by atoms with Crippen molar-refractivity contribution in [3.05, 3.63) is 75.1 Å². The molecule has 8 nitrogen and oxygen atoms in total. The van der Waals surface area contributed by atoms with Gasteiger partial charge in [-0.05, 0) is 57.9 Å². The summed E-state index contributed by atoms with van der Waals surface area (Å²) >= 11 is 0. The number of nitrogens with one attached hydrogen (secondary N) is 1. The summed E-state index contributed by atoms with van der Waals surface area (Å²) in [6.07, 6.45) is 4.31. The number of hydrogen-bond acceptors (Lipinski definition) is 5. The summed E-state index contributed by atoms with van der Waals surface area (Å²) in [7, 11) is 0. The van der Waals surface area contributed by atoms with E-state index in [1.165, 1.54) is 6.07 Å². The average molecular weight is 448 g/mol. The van der Waals surface area contributed by atoms with Gasteiger partial charge in [-0.1, -0.05) is 30.5 Å². The van der Waals surface area contributed by atoms with E-state index in [1.807, 2.05) is 45.0 Å². The maximum absolute atomic E-state index is 13.0. The maximum atomic E-state index is 13.0. The lowest BCUT2D eigenvalue weighted by atomic mass is 10.1. The third-order valence-electron chi connectivity index (χ3n) is 6.19.